The van der Waals surface area contributed by atoms with E-state index >= 15 is 0 Å². The molecular weight excluding hydrogens is 218 g/mol. The predicted molar refractivity (Wildman–Crippen MR) is 75.7 cm³/mol. The molecule has 0 aliphatic carbocycles. The molecule has 92 valence electrons. The lowest BCUT2D eigenvalue weighted by Gasteiger charge is -2.37. The summed E-state index contributed by atoms with van der Waals surface area (Å²) in [5.74, 6) is 0. The van der Waals surface area contributed by atoms with Gasteiger partial charge in [0, 0.05) is 6.54 Å². The van der Waals surface area contributed by atoms with E-state index in [0.717, 1.165) is 13.1 Å². The van der Waals surface area contributed by atoms with Gasteiger partial charge in [0.15, 0.2) is 0 Å². The highest BCUT2D eigenvalue weighted by Crippen LogP contribution is 2.34. The van der Waals surface area contributed by atoms with Gasteiger partial charge in [-0.2, -0.15) is 0 Å². The Labute approximate surface area is 109 Å². The van der Waals surface area contributed by atoms with Crippen molar-refractivity contribution in [3.63, 3.8) is 0 Å². The molecule has 3 rings (SSSR count). The van der Waals surface area contributed by atoms with Crippen molar-refractivity contribution in [3.8, 4) is 0 Å². The van der Waals surface area contributed by atoms with Gasteiger partial charge in [-0.3, -0.25) is 4.90 Å². The molecule has 0 saturated carbocycles. The summed E-state index contributed by atoms with van der Waals surface area (Å²) in [5, 5.41) is 0. The fraction of sp³-hybridized carbons (Fsp3) is 0.294. The Kier molecular flexibility index (Phi) is 3.16. The molecule has 18 heavy (non-hydrogen) atoms. The van der Waals surface area contributed by atoms with Gasteiger partial charge in [0.25, 0.3) is 0 Å². The number of hydrogen-bond acceptors (Lipinski definition) is 1. The number of rotatable bonds is 2. The van der Waals surface area contributed by atoms with Crippen LogP contribution < -0.4 is 0 Å². The maximum absolute atomic E-state index is 2.57. The van der Waals surface area contributed by atoms with Crippen LogP contribution in [0.5, 0.6) is 0 Å². The van der Waals surface area contributed by atoms with Crippen LogP contribution in [-0.4, -0.2) is 18.0 Å². The molecule has 1 aliphatic rings. The highest BCUT2D eigenvalue weighted by atomic mass is 15.2. The maximum Gasteiger partial charge on any atom is 0.0604 e. The normalized spacial score (nSPS) is 19.5. The first-order valence-corrected chi connectivity index (χ1v) is 6.77. The minimum absolute atomic E-state index is 0.432. The first kappa shape index (κ1) is 11.5. The van der Waals surface area contributed by atoms with E-state index in [4.69, 9.17) is 0 Å². The highest BCUT2D eigenvalue weighted by Gasteiger charge is 2.26. The van der Waals surface area contributed by atoms with Crippen molar-refractivity contribution in [1.82, 2.24) is 4.90 Å². The quantitative estimate of drug-likeness (QED) is 0.770. The van der Waals surface area contributed by atoms with Crippen molar-refractivity contribution in [1.29, 1.82) is 0 Å². The summed E-state index contributed by atoms with van der Waals surface area (Å²) in [5.41, 5.74) is 4.40. The Morgan fingerprint density at radius 2 is 1.72 bits per heavy atom. The second-order valence-electron chi connectivity index (χ2n) is 4.89. The van der Waals surface area contributed by atoms with Crippen LogP contribution in [0.25, 0.3) is 0 Å². The van der Waals surface area contributed by atoms with Gasteiger partial charge in [-0.25, -0.2) is 0 Å². The largest absolute Gasteiger partial charge is 0.292 e. The maximum atomic E-state index is 2.57. The number of likely N-dealkylation sites (N-methyl/N-ethyl adjacent to an activating group) is 1. The van der Waals surface area contributed by atoms with Gasteiger partial charge in [-0.15, -0.1) is 0 Å². The molecule has 0 unspecified atom stereocenters. The summed E-state index contributed by atoms with van der Waals surface area (Å²) in [6, 6.07) is 20.2. The van der Waals surface area contributed by atoms with Crippen molar-refractivity contribution < 1.29 is 0 Å². The molecule has 0 bridgehead atoms. The number of benzene rings is 2. The molecule has 0 amide bonds. The molecule has 0 radical (unpaired) electrons. The van der Waals surface area contributed by atoms with Crippen molar-refractivity contribution in [3.05, 3.63) is 71.3 Å². The van der Waals surface area contributed by atoms with Crippen LogP contribution in [0, 0.1) is 0 Å². The summed E-state index contributed by atoms with van der Waals surface area (Å²) < 4.78 is 0. The molecule has 0 aromatic heterocycles. The SMILES string of the molecule is CCN1CCc2ccccc2[C@@H]1c1ccccc1. The van der Waals surface area contributed by atoms with Crippen LogP contribution in [0.3, 0.4) is 0 Å². The molecule has 0 N–H and O–H groups in total. The zero-order chi connectivity index (χ0) is 12.4. The first-order chi connectivity index (χ1) is 8.90. The molecule has 1 atom stereocenters. The Morgan fingerprint density at radius 1 is 1.00 bits per heavy atom. The molecule has 1 heteroatoms. The third-order valence-electron chi connectivity index (χ3n) is 3.90. The second-order valence-corrected chi connectivity index (χ2v) is 4.89. The lowest BCUT2D eigenvalue weighted by molar-refractivity contribution is 0.225. The van der Waals surface area contributed by atoms with E-state index in [1.165, 1.54) is 23.1 Å². The average Bonchev–Trinajstić information content (AvgIpc) is 2.47. The summed E-state index contributed by atoms with van der Waals surface area (Å²) >= 11 is 0. The lowest BCUT2D eigenvalue weighted by Crippen LogP contribution is -2.35. The topological polar surface area (TPSA) is 3.24 Å². The number of fused-ring (bicyclic) bond motifs is 1. The minimum Gasteiger partial charge on any atom is -0.292 e. The molecule has 0 saturated heterocycles. The van der Waals surface area contributed by atoms with E-state index in [9.17, 15) is 0 Å². The van der Waals surface area contributed by atoms with Crippen LogP contribution in [-0.2, 0) is 6.42 Å². The predicted octanol–water partition coefficient (Wildman–Crippen LogP) is 3.65. The van der Waals surface area contributed by atoms with E-state index in [-0.39, 0.29) is 0 Å². The van der Waals surface area contributed by atoms with Gasteiger partial charge in [0.1, 0.15) is 0 Å². The van der Waals surface area contributed by atoms with E-state index < -0.39 is 0 Å². The van der Waals surface area contributed by atoms with E-state index in [2.05, 4.69) is 66.4 Å². The molecule has 0 fully saturated rings. The number of nitrogens with zero attached hydrogens (tertiary/aromatic N) is 1. The van der Waals surface area contributed by atoms with Crippen molar-refractivity contribution >= 4 is 0 Å². The smallest absolute Gasteiger partial charge is 0.0604 e. The van der Waals surface area contributed by atoms with Crippen LogP contribution in [0.1, 0.15) is 29.7 Å². The van der Waals surface area contributed by atoms with Crippen molar-refractivity contribution in [2.24, 2.45) is 0 Å². The second kappa shape index (κ2) is 4.95. The van der Waals surface area contributed by atoms with Crippen LogP contribution in [0.4, 0.5) is 0 Å². The van der Waals surface area contributed by atoms with Crippen molar-refractivity contribution in [2.75, 3.05) is 13.1 Å². The molecule has 2 aromatic rings. The van der Waals surface area contributed by atoms with Crippen LogP contribution >= 0.6 is 0 Å². The molecule has 2 aromatic carbocycles. The van der Waals surface area contributed by atoms with Gasteiger partial charge < -0.3 is 0 Å². The Morgan fingerprint density at radius 3 is 2.50 bits per heavy atom. The van der Waals surface area contributed by atoms with Gasteiger partial charge in [0.05, 0.1) is 6.04 Å². The van der Waals surface area contributed by atoms with Crippen molar-refractivity contribution in [2.45, 2.75) is 19.4 Å². The highest BCUT2D eigenvalue weighted by molar-refractivity contribution is 5.39. The minimum atomic E-state index is 0.432. The van der Waals surface area contributed by atoms with Gasteiger partial charge >= 0.3 is 0 Å². The Bertz CT molecular complexity index is 518. The van der Waals surface area contributed by atoms with E-state index in [0.29, 0.717) is 6.04 Å². The molecule has 1 heterocycles. The van der Waals surface area contributed by atoms with Crippen LogP contribution in [0.15, 0.2) is 54.6 Å². The monoisotopic (exact) mass is 237 g/mol. The zero-order valence-electron chi connectivity index (χ0n) is 10.8. The molecular formula is C17H19N. The third-order valence-corrected chi connectivity index (χ3v) is 3.90. The molecule has 1 nitrogen and oxygen atoms in total. The summed E-state index contributed by atoms with van der Waals surface area (Å²) in [6.45, 7) is 4.52. The average molecular weight is 237 g/mol. The van der Waals surface area contributed by atoms with Gasteiger partial charge in [-0.05, 0) is 29.7 Å². The van der Waals surface area contributed by atoms with Gasteiger partial charge in [-0.1, -0.05) is 61.5 Å². The van der Waals surface area contributed by atoms with Crippen LogP contribution in [0.2, 0.25) is 0 Å². The molecule has 1 aliphatic heterocycles. The summed E-state index contributed by atoms with van der Waals surface area (Å²) in [4.78, 5) is 2.57. The Balaban J connectivity index is 2.09. The fourth-order valence-electron chi connectivity index (χ4n) is 2.98. The fourth-order valence-corrected chi connectivity index (χ4v) is 2.98. The van der Waals surface area contributed by atoms with Gasteiger partial charge in [0.2, 0.25) is 0 Å². The third kappa shape index (κ3) is 1.95. The standard InChI is InChI=1S/C17H19N/c1-2-18-13-12-14-8-6-7-11-16(14)17(18)15-9-4-3-5-10-15/h3-11,17H,2,12-13H2,1H3/t17-/m0/s1. The summed E-state index contributed by atoms with van der Waals surface area (Å²) in [6.07, 6.45) is 1.17. The first-order valence-electron chi connectivity index (χ1n) is 6.77. The Hall–Kier alpha value is -1.60. The lowest BCUT2D eigenvalue weighted by atomic mass is 9.88. The summed E-state index contributed by atoms with van der Waals surface area (Å²) in [7, 11) is 0. The van der Waals surface area contributed by atoms with E-state index in [1.807, 2.05) is 0 Å². The number of hydrogen-bond donors (Lipinski definition) is 0. The molecule has 0 spiro atoms. The zero-order valence-corrected chi connectivity index (χ0v) is 10.8. The van der Waals surface area contributed by atoms with E-state index in [1.54, 1.807) is 0 Å².